The van der Waals surface area contributed by atoms with Crippen LogP contribution in [0.25, 0.3) is 10.9 Å². The largest absolute Gasteiger partial charge is 0.507 e. The Balaban J connectivity index is 1.29. The van der Waals surface area contributed by atoms with E-state index in [0.717, 1.165) is 47.3 Å². The van der Waals surface area contributed by atoms with E-state index in [9.17, 15) is 9.90 Å². The van der Waals surface area contributed by atoms with Crippen LogP contribution in [0.15, 0.2) is 30.3 Å². The van der Waals surface area contributed by atoms with Crippen LogP contribution in [-0.4, -0.2) is 58.3 Å². The van der Waals surface area contributed by atoms with Crippen molar-refractivity contribution in [3.8, 4) is 11.5 Å². The molecule has 0 unspecified atom stereocenters. The number of phenols is 1. The number of rotatable bonds is 8. The summed E-state index contributed by atoms with van der Waals surface area (Å²) in [7, 11) is 4.11. The van der Waals surface area contributed by atoms with Crippen LogP contribution in [0.2, 0.25) is 0 Å². The molecule has 0 saturated heterocycles. The summed E-state index contributed by atoms with van der Waals surface area (Å²) in [5.74, 6) is 1.34. The SMILES string of the molecule is CN(C)CCCOc1ccc2c(c1)CN(C(=O)c1cc3c(CC4CCCC4)[nH]nc3cc1O)C2. The molecule has 34 heavy (non-hydrogen) atoms. The molecule has 0 spiro atoms. The molecule has 2 aromatic carbocycles. The van der Waals surface area contributed by atoms with E-state index in [2.05, 4.69) is 29.2 Å². The van der Waals surface area contributed by atoms with Crippen LogP contribution in [0.5, 0.6) is 11.5 Å². The molecule has 1 aliphatic heterocycles. The fraction of sp³-hybridized carbons (Fsp3) is 0.481. The van der Waals surface area contributed by atoms with Gasteiger partial charge in [0.15, 0.2) is 0 Å². The third-order valence-corrected chi connectivity index (χ3v) is 7.15. The highest BCUT2D eigenvalue weighted by molar-refractivity contribution is 6.01. The fourth-order valence-corrected chi connectivity index (χ4v) is 5.27. The summed E-state index contributed by atoms with van der Waals surface area (Å²) in [6.45, 7) is 2.70. The number of ether oxygens (including phenoxy) is 1. The van der Waals surface area contributed by atoms with Gasteiger partial charge in [-0.3, -0.25) is 9.89 Å². The third-order valence-electron chi connectivity index (χ3n) is 7.15. The number of benzene rings is 2. The summed E-state index contributed by atoms with van der Waals surface area (Å²) in [5, 5.41) is 19.1. The first-order valence-corrected chi connectivity index (χ1v) is 12.4. The number of nitrogens with one attached hydrogen (secondary N) is 1. The minimum absolute atomic E-state index is 0.0164. The Morgan fingerprint density at radius 1 is 1.18 bits per heavy atom. The molecule has 1 saturated carbocycles. The van der Waals surface area contributed by atoms with Gasteiger partial charge in [-0.05, 0) is 62.2 Å². The van der Waals surface area contributed by atoms with Crippen molar-refractivity contribution in [3.63, 3.8) is 0 Å². The molecule has 0 radical (unpaired) electrons. The topological polar surface area (TPSA) is 81.7 Å². The molecule has 180 valence electrons. The Morgan fingerprint density at radius 2 is 1.97 bits per heavy atom. The minimum Gasteiger partial charge on any atom is -0.507 e. The van der Waals surface area contributed by atoms with Crippen LogP contribution in [-0.2, 0) is 19.5 Å². The Morgan fingerprint density at radius 3 is 2.76 bits per heavy atom. The Hall–Kier alpha value is -3.06. The first-order valence-electron chi connectivity index (χ1n) is 12.4. The standard InChI is InChI=1S/C27H34N4O3/c1-30(2)10-5-11-34-21-9-8-19-16-31(17-20(19)13-21)27(33)23-14-22-24(12-18-6-3-4-7-18)28-29-25(22)15-26(23)32/h8-9,13-15,18,32H,3-7,10-12,16-17H2,1-2H3,(H,28,29). The number of fused-ring (bicyclic) bond motifs is 2. The first-order chi connectivity index (χ1) is 16.5. The van der Waals surface area contributed by atoms with Crippen LogP contribution < -0.4 is 4.74 Å². The zero-order valence-corrected chi connectivity index (χ0v) is 20.1. The number of nitrogens with zero attached hydrogens (tertiary/aromatic N) is 3. The van der Waals surface area contributed by atoms with Gasteiger partial charge in [-0.2, -0.15) is 5.10 Å². The maximum atomic E-state index is 13.4. The second kappa shape index (κ2) is 9.66. The molecule has 1 aliphatic carbocycles. The number of amides is 1. The lowest BCUT2D eigenvalue weighted by atomic mass is 9.99. The molecule has 2 aliphatic rings. The molecule has 2 heterocycles. The number of carbonyl (C=O) groups excluding carboxylic acids is 1. The van der Waals surface area contributed by atoms with Gasteiger partial charge in [0.25, 0.3) is 5.91 Å². The second-order valence-corrected chi connectivity index (χ2v) is 10.0. The maximum Gasteiger partial charge on any atom is 0.258 e. The van der Waals surface area contributed by atoms with Crippen molar-refractivity contribution in [2.45, 2.75) is 51.6 Å². The number of aromatic amines is 1. The predicted molar refractivity (Wildman–Crippen MR) is 132 cm³/mol. The third kappa shape index (κ3) is 4.75. The van der Waals surface area contributed by atoms with Gasteiger partial charge in [-0.15, -0.1) is 0 Å². The van der Waals surface area contributed by atoms with Crippen molar-refractivity contribution in [3.05, 3.63) is 52.7 Å². The van der Waals surface area contributed by atoms with E-state index < -0.39 is 0 Å². The van der Waals surface area contributed by atoms with E-state index >= 15 is 0 Å². The molecule has 7 heteroatoms. The number of carbonyl (C=O) groups is 1. The number of phenolic OH excluding ortho intramolecular Hbond substituents is 1. The van der Waals surface area contributed by atoms with Gasteiger partial charge in [0.1, 0.15) is 11.5 Å². The smallest absolute Gasteiger partial charge is 0.258 e. The van der Waals surface area contributed by atoms with Gasteiger partial charge in [0.2, 0.25) is 0 Å². The van der Waals surface area contributed by atoms with Gasteiger partial charge in [0, 0.05) is 36.8 Å². The van der Waals surface area contributed by atoms with E-state index in [4.69, 9.17) is 4.74 Å². The Kier molecular flexibility index (Phi) is 6.46. The van der Waals surface area contributed by atoms with Crippen molar-refractivity contribution in [2.24, 2.45) is 5.92 Å². The molecule has 7 nitrogen and oxygen atoms in total. The van der Waals surface area contributed by atoms with Gasteiger partial charge >= 0.3 is 0 Å². The molecule has 1 aromatic heterocycles. The van der Waals surface area contributed by atoms with Crippen molar-refractivity contribution >= 4 is 16.8 Å². The lowest BCUT2D eigenvalue weighted by molar-refractivity contribution is 0.0748. The van der Waals surface area contributed by atoms with Gasteiger partial charge in [-0.25, -0.2) is 0 Å². The van der Waals surface area contributed by atoms with Gasteiger partial charge in [0.05, 0.1) is 17.7 Å². The lowest BCUT2D eigenvalue weighted by Gasteiger charge is -2.16. The molecule has 2 N–H and O–H groups in total. The van der Waals surface area contributed by atoms with E-state index in [-0.39, 0.29) is 11.7 Å². The van der Waals surface area contributed by atoms with E-state index in [1.54, 1.807) is 11.0 Å². The highest BCUT2D eigenvalue weighted by Crippen LogP contribution is 2.34. The molecule has 5 rings (SSSR count). The molecule has 0 atom stereocenters. The summed E-state index contributed by atoms with van der Waals surface area (Å²) >= 11 is 0. The van der Waals surface area contributed by atoms with Gasteiger partial charge in [-0.1, -0.05) is 31.7 Å². The highest BCUT2D eigenvalue weighted by atomic mass is 16.5. The van der Waals surface area contributed by atoms with Crippen molar-refractivity contribution < 1.29 is 14.6 Å². The predicted octanol–water partition coefficient (Wildman–Crippen LogP) is 4.49. The summed E-state index contributed by atoms with van der Waals surface area (Å²) in [5.41, 5.74) is 4.35. The number of aromatic nitrogens is 2. The average Bonchev–Trinajstić information content (AvgIpc) is 3.56. The Bertz CT molecular complexity index is 1180. The van der Waals surface area contributed by atoms with Crippen LogP contribution in [0.4, 0.5) is 0 Å². The van der Waals surface area contributed by atoms with Crippen molar-refractivity contribution in [2.75, 3.05) is 27.2 Å². The number of H-pyrrole nitrogens is 1. The fourth-order valence-electron chi connectivity index (χ4n) is 5.27. The van der Waals surface area contributed by atoms with E-state index in [1.165, 1.54) is 25.7 Å². The summed E-state index contributed by atoms with van der Waals surface area (Å²) in [4.78, 5) is 17.3. The van der Waals surface area contributed by atoms with Crippen LogP contribution in [0.3, 0.4) is 0 Å². The average molecular weight is 463 g/mol. The van der Waals surface area contributed by atoms with E-state index in [0.29, 0.717) is 36.7 Å². The number of hydrogen-bond donors (Lipinski definition) is 2. The first kappa shape index (κ1) is 22.7. The highest BCUT2D eigenvalue weighted by Gasteiger charge is 2.27. The quantitative estimate of drug-likeness (QED) is 0.482. The zero-order valence-electron chi connectivity index (χ0n) is 20.1. The summed E-state index contributed by atoms with van der Waals surface area (Å²) in [6, 6.07) is 9.50. The molecular formula is C27H34N4O3. The molecule has 0 bridgehead atoms. The number of hydrogen-bond acceptors (Lipinski definition) is 5. The summed E-state index contributed by atoms with van der Waals surface area (Å²) in [6.07, 6.45) is 6.99. The summed E-state index contributed by atoms with van der Waals surface area (Å²) < 4.78 is 5.91. The minimum atomic E-state index is -0.155. The van der Waals surface area contributed by atoms with Crippen molar-refractivity contribution in [1.82, 2.24) is 20.0 Å². The Labute approximate surface area is 200 Å². The van der Waals surface area contributed by atoms with Crippen LogP contribution in [0.1, 0.15) is 59.3 Å². The zero-order chi connectivity index (χ0) is 23.7. The second-order valence-electron chi connectivity index (χ2n) is 10.0. The maximum absolute atomic E-state index is 13.4. The van der Waals surface area contributed by atoms with Crippen molar-refractivity contribution in [1.29, 1.82) is 0 Å². The molecule has 3 aromatic rings. The molecular weight excluding hydrogens is 428 g/mol. The molecule has 1 amide bonds. The monoisotopic (exact) mass is 462 g/mol. The van der Waals surface area contributed by atoms with Crippen LogP contribution >= 0.6 is 0 Å². The van der Waals surface area contributed by atoms with Gasteiger partial charge < -0.3 is 19.6 Å². The molecule has 1 fully saturated rings. The number of aromatic hydroxyl groups is 1. The van der Waals surface area contributed by atoms with E-state index in [1.807, 2.05) is 24.3 Å². The normalized spacial score (nSPS) is 16.0. The lowest BCUT2D eigenvalue weighted by Crippen LogP contribution is -2.25. The van der Waals surface area contributed by atoms with Crippen LogP contribution in [0, 0.1) is 5.92 Å².